The van der Waals surface area contributed by atoms with Crippen molar-refractivity contribution in [2.45, 2.75) is 19.8 Å². The van der Waals surface area contributed by atoms with E-state index in [1.807, 2.05) is 0 Å². The molecule has 0 heterocycles. The second-order valence-electron chi connectivity index (χ2n) is 3.59. The van der Waals surface area contributed by atoms with E-state index in [0.717, 1.165) is 5.56 Å². The van der Waals surface area contributed by atoms with Crippen LogP contribution in [-0.4, -0.2) is 24.3 Å². The zero-order valence-corrected chi connectivity index (χ0v) is 9.20. The van der Waals surface area contributed by atoms with E-state index in [1.54, 1.807) is 19.1 Å². The summed E-state index contributed by atoms with van der Waals surface area (Å²) in [7, 11) is 0. The van der Waals surface area contributed by atoms with Crippen LogP contribution in [0.15, 0.2) is 18.2 Å². The molecule has 1 aromatic rings. The Bertz CT molecular complexity index is 363. The van der Waals surface area contributed by atoms with Gasteiger partial charge in [-0.2, -0.15) is 0 Å². The maximum atomic E-state index is 12.9. The van der Waals surface area contributed by atoms with Gasteiger partial charge in [-0.3, -0.25) is 4.79 Å². The second-order valence-corrected chi connectivity index (χ2v) is 3.59. The van der Waals surface area contributed by atoms with Crippen molar-refractivity contribution < 1.29 is 19.0 Å². The fourth-order valence-corrected chi connectivity index (χ4v) is 1.31. The highest BCUT2D eigenvalue weighted by atomic mass is 19.1. The summed E-state index contributed by atoms with van der Waals surface area (Å²) in [5, 5.41) is 8.38. The van der Waals surface area contributed by atoms with Crippen LogP contribution in [-0.2, 0) is 16.0 Å². The average molecular weight is 226 g/mol. The van der Waals surface area contributed by atoms with E-state index < -0.39 is 5.97 Å². The third kappa shape index (κ3) is 4.40. The molecule has 0 amide bonds. The van der Waals surface area contributed by atoms with Gasteiger partial charge in [0.05, 0.1) is 19.6 Å². The Kier molecular flexibility index (Phi) is 4.92. The monoisotopic (exact) mass is 226 g/mol. The van der Waals surface area contributed by atoms with Gasteiger partial charge in [0, 0.05) is 0 Å². The molecule has 16 heavy (non-hydrogen) atoms. The van der Waals surface area contributed by atoms with Crippen LogP contribution >= 0.6 is 0 Å². The average Bonchev–Trinajstić information content (AvgIpc) is 2.22. The molecule has 88 valence electrons. The molecule has 0 saturated carbocycles. The standard InChI is InChI=1S/C12H15FO3/c1-9-8-10(2-3-11(9)13)4-6-16-7-5-12(14)15/h2-3,8H,4-7H2,1H3,(H,14,15). The van der Waals surface area contributed by atoms with E-state index in [1.165, 1.54) is 6.07 Å². The Hall–Kier alpha value is -1.42. The summed E-state index contributed by atoms with van der Waals surface area (Å²) in [6.45, 7) is 2.39. The van der Waals surface area contributed by atoms with Crippen LogP contribution in [0.25, 0.3) is 0 Å². The zero-order chi connectivity index (χ0) is 12.0. The number of aryl methyl sites for hydroxylation is 1. The Morgan fingerprint density at radius 1 is 1.44 bits per heavy atom. The van der Waals surface area contributed by atoms with Crippen molar-refractivity contribution in [2.24, 2.45) is 0 Å². The molecular formula is C12H15FO3. The first-order chi connectivity index (χ1) is 7.59. The summed E-state index contributed by atoms with van der Waals surface area (Å²) in [6.07, 6.45) is 0.684. The topological polar surface area (TPSA) is 46.5 Å². The second kappa shape index (κ2) is 6.23. The molecule has 0 atom stereocenters. The zero-order valence-electron chi connectivity index (χ0n) is 9.20. The Morgan fingerprint density at radius 3 is 2.81 bits per heavy atom. The van der Waals surface area contributed by atoms with Crippen LogP contribution in [0.1, 0.15) is 17.5 Å². The molecule has 0 aliphatic rings. The number of hydrogen-bond acceptors (Lipinski definition) is 2. The Labute approximate surface area is 93.9 Å². The third-order valence-electron chi connectivity index (χ3n) is 2.22. The van der Waals surface area contributed by atoms with Crippen LogP contribution < -0.4 is 0 Å². The summed E-state index contributed by atoms with van der Waals surface area (Å²) in [5.74, 6) is -1.08. The molecule has 0 unspecified atom stereocenters. The van der Waals surface area contributed by atoms with Gasteiger partial charge in [-0.25, -0.2) is 4.39 Å². The maximum Gasteiger partial charge on any atom is 0.305 e. The van der Waals surface area contributed by atoms with Gasteiger partial charge in [0.1, 0.15) is 5.82 Å². The van der Waals surface area contributed by atoms with Gasteiger partial charge in [-0.15, -0.1) is 0 Å². The van der Waals surface area contributed by atoms with E-state index >= 15 is 0 Å². The number of carboxylic acid groups (broad SMARTS) is 1. The lowest BCUT2D eigenvalue weighted by Gasteiger charge is -2.04. The molecule has 1 rings (SSSR count). The molecular weight excluding hydrogens is 211 g/mol. The largest absolute Gasteiger partial charge is 0.481 e. The summed E-state index contributed by atoms with van der Waals surface area (Å²) in [6, 6.07) is 4.92. The minimum atomic E-state index is -0.863. The Morgan fingerprint density at radius 2 is 2.19 bits per heavy atom. The van der Waals surface area contributed by atoms with Crippen LogP contribution in [0.3, 0.4) is 0 Å². The summed E-state index contributed by atoms with van der Waals surface area (Å²) < 4.78 is 18.1. The maximum absolute atomic E-state index is 12.9. The van der Waals surface area contributed by atoms with Crippen LogP contribution in [0.4, 0.5) is 4.39 Å². The number of carboxylic acids is 1. The fourth-order valence-electron chi connectivity index (χ4n) is 1.31. The number of ether oxygens (including phenoxy) is 1. The van der Waals surface area contributed by atoms with Crippen molar-refractivity contribution in [3.63, 3.8) is 0 Å². The number of halogens is 1. The highest BCUT2D eigenvalue weighted by Crippen LogP contribution is 2.09. The van der Waals surface area contributed by atoms with Crippen LogP contribution in [0, 0.1) is 12.7 Å². The van der Waals surface area contributed by atoms with Crippen molar-refractivity contribution in [1.29, 1.82) is 0 Å². The lowest BCUT2D eigenvalue weighted by atomic mass is 10.1. The predicted molar refractivity (Wildman–Crippen MR) is 57.9 cm³/mol. The summed E-state index contributed by atoms with van der Waals surface area (Å²) in [5.41, 5.74) is 1.61. The number of rotatable bonds is 6. The van der Waals surface area contributed by atoms with E-state index in [-0.39, 0.29) is 18.8 Å². The molecule has 4 heteroatoms. The molecule has 0 spiro atoms. The number of benzene rings is 1. The quantitative estimate of drug-likeness (QED) is 0.756. The van der Waals surface area contributed by atoms with Gasteiger partial charge in [0.25, 0.3) is 0 Å². The summed E-state index contributed by atoms with van der Waals surface area (Å²) in [4.78, 5) is 10.2. The molecule has 0 aliphatic carbocycles. The first-order valence-electron chi connectivity index (χ1n) is 5.14. The van der Waals surface area contributed by atoms with Crippen molar-refractivity contribution in [2.75, 3.05) is 13.2 Å². The molecule has 0 radical (unpaired) electrons. The molecule has 0 fully saturated rings. The Balaban J connectivity index is 2.27. The third-order valence-corrected chi connectivity index (χ3v) is 2.22. The van der Waals surface area contributed by atoms with Gasteiger partial charge in [-0.05, 0) is 30.5 Å². The van der Waals surface area contributed by atoms with Gasteiger partial charge in [0.2, 0.25) is 0 Å². The first-order valence-corrected chi connectivity index (χ1v) is 5.14. The molecule has 0 bridgehead atoms. The highest BCUT2D eigenvalue weighted by molar-refractivity contribution is 5.66. The molecule has 0 aromatic heterocycles. The minimum Gasteiger partial charge on any atom is -0.481 e. The van der Waals surface area contributed by atoms with Gasteiger partial charge in [0.15, 0.2) is 0 Å². The molecule has 1 aromatic carbocycles. The van der Waals surface area contributed by atoms with Gasteiger partial charge in [-0.1, -0.05) is 12.1 Å². The molecule has 1 N–H and O–H groups in total. The summed E-state index contributed by atoms with van der Waals surface area (Å²) >= 11 is 0. The number of hydrogen-bond donors (Lipinski definition) is 1. The normalized spacial score (nSPS) is 10.4. The van der Waals surface area contributed by atoms with E-state index in [0.29, 0.717) is 18.6 Å². The predicted octanol–water partition coefficient (Wildman–Crippen LogP) is 2.17. The smallest absolute Gasteiger partial charge is 0.305 e. The molecule has 0 aliphatic heterocycles. The van der Waals surface area contributed by atoms with Crippen LogP contribution in [0.2, 0.25) is 0 Å². The van der Waals surface area contributed by atoms with Crippen molar-refractivity contribution in [3.05, 3.63) is 35.1 Å². The van der Waals surface area contributed by atoms with E-state index in [9.17, 15) is 9.18 Å². The highest BCUT2D eigenvalue weighted by Gasteiger charge is 2.00. The van der Waals surface area contributed by atoms with Crippen molar-refractivity contribution in [1.82, 2.24) is 0 Å². The number of aliphatic carboxylic acids is 1. The first kappa shape index (κ1) is 12.6. The molecule has 0 saturated heterocycles. The molecule has 3 nitrogen and oxygen atoms in total. The number of carbonyl (C=O) groups is 1. The van der Waals surface area contributed by atoms with Crippen molar-refractivity contribution in [3.8, 4) is 0 Å². The van der Waals surface area contributed by atoms with Crippen molar-refractivity contribution >= 4 is 5.97 Å². The lowest BCUT2D eigenvalue weighted by Crippen LogP contribution is -2.05. The lowest BCUT2D eigenvalue weighted by molar-refractivity contribution is -0.138. The van der Waals surface area contributed by atoms with Crippen LogP contribution in [0.5, 0.6) is 0 Å². The minimum absolute atomic E-state index is 0.0163. The van der Waals surface area contributed by atoms with E-state index in [4.69, 9.17) is 9.84 Å². The SMILES string of the molecule is Cc1cc(CCOCCC(=O)O)ccc1F. The fraction of sp³-hybridized carbons (Fsp3) is 0.417. The van der Waals surface area contributed by atoms with Gasteiger partial charge >= 0.3 is 5.97 Å². The van der Waals surface area contributed by atoms with E-state index in [2.05, 4.69) is 0 Å². The van der Waals surface area contributed by atoms with Gasteiger partial charge < -0.3 is 9.84 Å².